The topological polar surface area (TPSA) is 72.2 Å². The third-order valence-corrected chi connectivity index (χ3v) is 2.98. The molecule has 4 nitrogen and oxygen atoms in total. The Labute approximate surface area is 117 Å². The molecule has 2 rings (SSSR count). The first-order valence-corrected chi connectivity index (χ1v) is 6.32. The van der Waals surface area contributed by atoms with E-state index in [0.717, 1.165) is 5.56 Å². The van der Waals surface area contributed by atoms with Gasteiger partial charge in [-0.25, -0.2) is 0 Å². The molecule has 0 spiro atoms. The summed E-state index contributed by atoms with van der Waals surface area (Å²) >= 11 is 0. The first kappa shape index (κ1) is 14.0. The maximum Gasteiger partial charge on any atom is 0.255 e. The number of carbonyl (C=O) groups is 2. The lowest BCUT2D eigenvalue weighted by Crippen LogP contribution is -2.12. The second-order valence-corrected chi connectivity index (χ2v) is 4.61. The highest BCUT2D eigenvalue weighted by molar-refractivity contribution is 6.05. The van der Waals surface area contributed by atoms with Gasteiger partial charge < -0.3 is 11.1 Å². The van der Waals surface area contributed by atoms with Crippen molar-refractivity contribution in [2.75, 3.05) is 5.32 Å². The summed E-state index contributed by atoms with van der Waals surface area (Å²) in [6.45, 7) is 1.90. The van der Waals surface area contributed by atoms with Gasteiger partial charge in [0.05, 0.1) is 0 Å². The Kier molecular flexibility index (Phi) is 4.27. The van der Waals surface area contributed by atoms with Crippen LogP contribution >= 0.6 is 0 Å². The number of anilines is 1. The summed E-state index contributed by atoms with van der Waals surface area (Å²) in [5, 5.41) is 2.78. The van der Waals surface area contributed by atoms with Gasteiger partial charge in [-0.1, -0.05) is 24.3 Å². The van der Waals surface area contributed by atoms with Gasteiger partial charge in [0.1, 0.15) is 6.29 Å². The zero-order chi connectivity index (χ0) is 14.5. The van der Waals surface area contributed by atoms with Gasteiger partial charge in [0, 0.05) is 22.9 Å². The summed E-state index contributed by atoms with van der Waals surface area (Å²) in [6, 6.07) is 13.9. The lowest BCUT2D eigenvalue weighted by atomic mass is 10.1. The normalized spacial score (nSPS) is 11.7. The van der Waals surface area contributed by atoms with Crippen LogP contribution in [0.1, 0.15) is 39.2 Å². The van der Waals surface area contributed by atoms with Crippen molar-refractivity contribution >= 4 is 17.9 Å². The number of rotatable bonds is 4. The second kappa shape index (κ2) is 6.12. The Bertz CT molecular complexity index is 619. The van der Waals surface area contributed by atoms with Crippen molar-refractivity contribution < 1.29 is 9.59 Å². The molecule has 0 bridgehead atoms. The quantitative estimate of drug-likeness (QED) is 0.837. The lowest BCUT2D eigenvalue weighted by Gasteiger charge is -2.08. The monoisotopic (exact) mass is 268 g/mol. The van der Waals surface area contributed by atoms with E-state index in [-0.39, 0.29) is 11.9 Å². The van der Waals surface area contributed by atoms with Crippen LogP contribution < -0.4 is 11.1 Å². The number of nitrogens with two attached hydrogens (primary N) is 1. The van der Waals surface area contributed by atoms with E-state index in [0.29, 0.717) is 23.1 Å². The fraction of sp³-hybridized carbons (Fsp3) is 0.125. The van der Waals surface area contributed by atoms with Crippen molar-refractivity contribution in [3.63, 3.8) is 0 Å². The van der Waals surface area contributed by atoms with E-state index < -0.39 is 0 Å². The first-order chi connectivity index (χ1) is 9.60. The average Bonchev–Trinajstić information content (AvgIpc) is 2.47. The number of aldehydes is 1. The number of benzene rings is 2. The zero-order valence-corrected chi connectivity index (χ0v) is 11.2. The second-order valence-electron chi connectivity index (χ2n) is 4.61. The van der Waals surface area contributed by atoms with Crippen LogP contribution in [-0.2, 0) is 0 Å². The Morgan fingerprint density at radius 3 is 2.50 bits per heavy atom. The molecular formula is C16H16N2O2. The van der Waals surface area contributed by atoms with Crippen molar-refractivity contribution in [1.82, 2.24) is 0 Å². The predicted octanol–water partition coefficient (Wildman–Crippen LogP) is 2.77. The van der Waals surface area contributed by atoms with Crippen molar-refractivity contribution in [2.45, 2.75) is 13.0 Å². The van der Waals surface area contributed by atoms with Crippen LogP contribution in [0.4, 0.5) is 5.69 Å². The van der Waals surface area contributed by atoms with Crippen LogP contribution in [0.25, 0.3) is 0 Å². The van der Waals surface area contributed by atoms with Crippen molar-refractivity contribution in [3.8, 4) is 0 Å². The molecule has 0 radical (unpaired) electrons. The van der Waals surface area contributed by atoms with E-state index in [1.807, 2.05) is 19.1 Å². The van der Waals surface area contributed by atoms with Crippen LogP contribution in [0.5, 0.6) is 0 Å². The molecule has 2 aromatic rings. The number of hydrogen-bond donors (Lipinski definition) is 2. The summed E-state index contributed by atoms with van der Waals surface area (Å²) in [6.07, 6.45) is 0.716. The van der Waals surface area contributed by atoms with E-state index in [4.69, 9.17) is 5.73 Å². The minimum Gasteiger partial charge on any atom is -0.324 e. The molecule has 0 aromatic heterocycles. The van der Waals surface area contributed by atoms with Gasteiger partial charge in [0.2, 0.25) is 0 Å². The van der Waals surface area contributed by atoms with Crippen molar-refractivity contribution in [3.05, 3.63) is 65.2 Å². The highest BCUT2D eigenvalue weighted by Gasteiger charge is 2.07. The number of nitrogens with one attached hydrogen (secondary N) is 1. The van der Waals surface area contributed by atoms with Crippen LogP contribution in [-0.4, -0.2) is 12.2 Å². The highest BCUT2D eigenvalue weighted by Crippen LogP contribution is 2.15. The molecule has 4 heteroatoms. The van der Waals surface area contributed by atoms with Gasteiger partial charge in [-0.15, -0.1) is 0 Å². The number of hydrogen-bond acceptors (Lipinski definition) is 3. The van der Waals surface area contributed by atoms with E-state index >= 15 is 0 Å². The molecule has 0 saturated heterocycles. The molecule has 3 N–H and O–H groups in total. The SMILES string of the molecule is C[C@H](N)c1ccc(NC(=O)c2cccc(C=O)c2)cc1. The maximum atomic E-state index is 12.0. The van der Waals surface area contributed by atoms with Gasteiger partial charge in [-0.3, -0.25) is 9.59 Å². The molecular weight excluding hydrogens is 252 g/mol. The zero-order valence-electron chi connectivity index (χ0n) is 11.2. The Morgan fingerprint density at radius 1 is 1.20 bits per heavy atom. The molecule has 2 aromatic carbocycles. The first-order valence-electron chi connectivity index (χ1n) is 6.32. The van der Waals surface area contributed by atoms with Crippen molar-refractivity contribution in [1.29, 1.82) is 0 Å². The summed E-state index contributed by atoms with van der Waals surface area (Å²) in [5.41, 5.74) is 8.39. The molecule has 0 aliphatic heterocycles. The van der Waals surface area contributed by atoms with Crippen LogP contribution in [0.3, 0.4) is 0 Å². The number of amides is 1. The Hall–Kier alpha value is -2.46. The predicted molar refractivity (Wildman–Crippen MR) is 78.8 cm³/mol. The molecule has 0 fully saturated rings. The standard InChI is InChI=1S/C16H16N2O2/c1-11(17)13-5-7-15(8-6-13)18-16(20)14-4-2-3-12(9-14)10-19/h2-11H,17H2,1H3,(H,18,20)/t11-/m0/s1. The van der Waals surface area contributed by atoms with E-state index in [2.05, 4.69) is 5.32 Å². The van der Waals surface area contributed by atoms with Crippen LogP contribution in [0, 0.1) is 0 Å². The van der Waals surface area contributed by atoms with Gasteiger partial charge in [0.25, 0.3) is 5.91 Å². The molecule has 1 atom stereocenters. The maximum absolute atomic E-state index is 12.0. The molecule has 102 valence electrons. The molecule has 0 saturated carbocycles. The van der Waals surface area contributed by atoms with Crippen LogP contribution in [0.2, 0.25) is 0 Å². The Balaban J connectivity index is 2.12. The summed E-state index contributed by atoms with van der Waals surface area (Å²) < 4.78 is 0. The van der Waals surface area contributed by atoms with E-state index in [1.54, 1.807) is 36.4 Å². The van der Waals surface area contributed by atoms with Gasteiger partial charge in [-0.2, -0.15) is 0 Å². The minimum absolute atomic E-state index is 0.0379. The molecule has 1 amide bonds. The molecule has 20 heavy (non-hydrogen) atoms. The van der Waals surface area contributed by atoms with Gasteiger partial charge in [-0.05, 0) is 36.8 Å². The van der Waals surface area contributed by atoms with E-state index in [9.17, 15) is 9.59 Å². The third kappa shape index (κ3) is 3.30. The smallest absolute Gasteiger partial charge is 0.255 e. The van der Waals surface area contributed by atoms with Crippen molar-refractivity contribution in [2.24, 2.45) is 5.73 Å². The van der Waals surface area contributed by atoms with E-state index in [1.165, 1.54) is 0 Å². The molecule has 0 aliphatic carbocycles. The minimum atomic E-state index is -0.248. The average molecular weight is 268 g/mol. The van der Waals surface area contributed by atoms with Crippen LogP contribution in [0.15, 0.2) is 48.5 Å². The Morgan fingerprint density at radius 2 is 1.90 bits per heavy atom. The lowest BCUT2D eigenvalue weighted by molar-refractivity contribution is 0.102. The summed E-state index contributed by atoms with van der Waals surface area (Å²) in [5.74, 6) is -0.248. The summed E-state index contributed by atoms with van der Waals surface area (Å²) in [4.78, 5) is 22.7. The molecule has 0 unspecified atom stereocenters. The molecule has 0 heterocycles. The fourth-order valence-corrected chi connectivity index (χ4v) is 1.83. The highest BCUT2D eigenvalue weighted by atomic mass is 16.1. The third-order valence-electron chi connectivity index (χ3n) is 2.98. The van der Waals surface area contributed by atoms with Gasteiger partial charge >= 0.3 is 0 Å². The van der Waals surface area contributed by atoms with Gasteiger partial charge in [0.15, 0.2) is 0 Å². The molecule has 0 aliphatic rings. The number of carbonyl (C=O) groups excluding carboxylic acids is 2. The summed E-state index contributed by atoms with van der Waals surface area (Å²) in [7, 11) is 0. The fourth-order valence-electron chi connectivity index (χ4n) is 1.83. The largest absolute Gasteiger partial charge is 0.324 e.